The lowest BCUT2D eigenvalue weighted by Gasteiger charge is -2.25. The number of carbonyl (C=O) groups is 1. The van der Waals surface area contributed by atoms with Gasteiger partial charge in [-0.1, -0.05) is 12.1 Å². The van der Waals surface area contributed by atoms with Crippen molar-refractivity contribution < 1.29 is 17.6 Å². The van der Waals surface area contributed by atoms with Crippen molar-refractivity contribution in [3.63, 3.8) is 0 Å². The van der Waals surface area contributed by atoms with Crippen LogP contribution >= 0.6 is 0 Å². The summed E-state index contributed by atoms with van der Waals surface area (Å²) in [5.74, 6) is 0.705. The second-order valence-corrected chi connectivity index (χ2v) is 8.89. The van der Waals surface area contributed by atoms with Crippen molar-refractivity contribution in [2.24, 2.45) is 0 Å². The summed E-state index contributed by atoms with van der Waals surface area (Å²) in [5, 5.41) is -0.182. The number of amides is 1. The Morgan fingerprint density at radius 1 is 1.26 bits per heavy atom. The molecule has 4 rings (SSSR count). The van der Waals surface area contributed by atoms with Crippen LogP contribution < -0.4 is 0 Å². The number of sulfone groups is 1. The molecule has 3 heterocycles. The van der Waals surface area contributed by atoms with Gasteiger partial charge in [-0.15, -0.1) is 0 Å². The standard InChI is InChI=1S/C19H21N3O4S/c1-13-20-15-7-3-4-8-16(15)22(13)12-14-6-5-11-21(14)19(23)17-9-10-18(26-17)27(2,24)25/h3-4,7-10,14H,5-6,11-12H2,1-2H3. The summed E-state index contributed by atoms with van der Waals surface area (Å²) in [7, 11) is -3.47. The minimum atomic E-state index is -3.47. The third-order valence-electron chi connectivity index (χ3n) is 5.03. The van der Waals surface area contributed by atoms with Crippen molar-refractivity contribution in [1.29, 1.82) is 0 Å². The lowest BCUT2D eigenvalue weighted by Crippen LogP contribution is -2.38. The normalized spacial score (nSPS) is 17.7. The molecule has 0 aliphatic carbocycles. The van der Waals surface area contributed by atoms with E-state index in [1.54, 1.807) is 4.90 Å². The maximum Gasteiger partial charge on any atom is 0.289 e. The molecule has 0 saturated carbocycles. The van der Waals surface area contributed by atoms with E-state index in [0.717, 1.165) is 36.0 Å². The van der Waals surface area contributed by atoms with Gasteiger partial charge in [0.1, 0.15) is 5.82 Å². The van der Waals surface area contributed by atoms with E-state index in [4.69, 9.17) is 4.42 Å². The largest absolute Gasteiger partial charge is 0.440 e. The van der Waals surface area contributed by atoms with Crippen LogP contribution in [0.5, 0.6) is 0 Å². The number of benzene rings is 1. The Kier molecular flexibility index (Phi) is 4.30. The zero-order chi connectivity index (χ0) is 19.2. The molecule has 1 unspecified atom stereocenters. The van der Waals surface area contributed by atoms with Gasteiger partial charge in [-0.2, -0.15) is 0 Å². The quantitative estimate of drug-likeness (QED) is 0.687. The summed E-state index contributed by atoms with van der Waals surface area (Å²) < 4.78 is 30.6. The summed E-state index contributed by atoms with van der Waals surface area (Å²) in [4.78, 5) is 19.3. The number of aromatic nitrogens is 2. The second kappa shape index (κ2) is 6.53. The van der Waals surface area contributed by atoms with Crippen molar-refractivity contribution in [2.45, 2.75) is 37.4 Å². The van der Waals surface area contributed by atoms with Crippen LogP contribution in [0.3, 0.4) is 0 Å². The zero-order valence-electron chi connectivity index (χ0n) is 15.3. The summed E-state index contributed by atoms with van der Waals surface area (Å²) in [5.41, 5.74) is 1.99. The van der Waals surface area contributed by atoms with Crippen LogP contribution in [0.2, 0.25) is 0 Å². The molecule has 142 valence electrons. The zero-order valence-corrected chi connectivity index (χ0v) is 16.1. The number of likely N-dealkylation sites (tertiary alicyclic amines) is 1. The topological polar surface area (TPSA) is 85.4 Å². The fourth-order valence-corrected chi connectivity index (χ4v) is 4.26. The fraction of sp³-hybridized carbons (Fsp3) is 0.368. The van der Waals surface area contributed by atoms with E-state index in [-0.39, 0.29) is 22.8 Å². The first-order chi connectivity index (χ1) is 12.8. The Balaban J connectivity index is 1.59. The average molecular weight is 387 g/mol. The van der Waals surface area contributed by atoms with Crippen LogP contribution in [0.1, 0.15) is 29.2 Å². The molecule has 3 aromatic rings. The third kappa shape index (κ3) is 3.25. The highest BCUT2D eigenvalue weighted by Gasteiger charge is 2.32. The van der Waals surface area contributed by atoms with Gasteiger partial charge >= 0.3 is 0 Å². The first-order valence-electron chi connectivity index (χ1n) is 8.87. The second-order valence-electron chi connectivity index (χ2n) is 6.94. The van der Waals surface area contributed by atoms with Gasteiger partial charge in [0.15, 0.2) is 5.76 Å². The molecule has 1 aliphatic heterocycles. The summed E-state index contributed by atoms with van der Waals surface area (Å²) >= 11 is 0. The monoisotopic (exact) mass is 387 g/mol. The maximum absolute atomic E-state index is 12.9. The van der Waals surface area contributed by atoms with Crippen LogP contribution in [0.15, 0.2) is 45.9 Å². The average Bonchev–Trinajstić information content (AvgIpc) is 3.34. The minimum Gasteiger partial charge on any atom is -0.440 e. The molecule has 27 heavy (non-hydrogen) atoms. The first-order valence-corrected chi connectivity index (χ1v) is 10.8. The molecule has 0 radical (unpaired) electrons. The molecule has 0 spiro atoms. The molecule has 1 amide bonds. The van der Waals surface area contributed by atoms with E-state index in [9.17, 15) is 13.2 Å². The predicted molar refractivity (Wildman–Crippen MR) is 100 cm³/mol. The lowest BCUT2D eigenvalue weighted by atomic mass is 10.2. The first kappa shape index (κ1) is 17.8. The van der Waals surface area contributed by atoms with E-state index < -0.39 is 9.84 Å². The van der Waals surface area contributed by atoms with E-state index >= 15 is 0 Å². The molecule has 0 bridgehead atoms. The number of imidazole rings is 1. The smallest absolute Gasteiger partial charge is 0.289 e. The van der Waals surface area contributed by atoms with Gasteiger partial charge in [0, 0.05) is 19.3 Å². The summed E-state index contributed by atoms with van der Waals surface area (Å²) in [6.45, 7) is 3.24. The number of nitrogens with zero attached hydrogens (tertiary/aromatic N) is 3. The van der Waals surface area contributed by atoms with E-state index in [1.165, 1.54) is 12.1 Å². The minimum absolute atomic E-state index is 0.0144. The SMILES string of the molecule is Cc1nc2ccccc2n1CC1CCCN1C(=O)c1ccc(S(C)(=O)=O)o1. The molecule has 7 nitrogen and oxygen atoms in total. The van der Waals surface area contributed by atoms with E-state index in [2.05, 4.69) is 9.55 Å². The van der Waals surface area contributed by atoms with E-state index in [1.807, 2.05) is 31.2 Å². The highest BCUT2D eigenvalue weighted by atomic mass is 32.2. The fourth-order valence-electron chi connectivity index (χ4n) is 3.71. The van der Waals surface area contributed by atoms with Crippen molar-refractivity contribution in [3.05, 3.63) is 48.0 Å². The van der Waals surface area contributed by atoms with Crippen LogP contribution in [0, 0.1) is 6.92 Å². The molecule has 1 aliphatic rings. The third-order valence-corrected chi connectivity index (χ3v) is 5.98. The van der Waals surface area contributed by atoms with Crippen LogP contribution in [0.4, 0.5) is 0 Å². The lowest BCUT2D eigenvalue weighted by molar-refractivity contribution is 0.0686. The number of furan rings is 1. The Labute approximate surface area is 157 Å². The predicted octanol–water partition coefficient (Wildman–Crippen LogP) is 2.65. The maximum atomic E-state index is 12.9. The molecule has 0 N–H and O–H groups in total. The molecular weight excluding hydrogens is 366 g/mol. The Bertz CT molecular complexity index is 1110. The Morgan fingerprint density at radius 2 is 2.04 bits per heavy atom. The number of fused-ring (bicyclic) bond motifs is 1. The Morgan fingerprint density at radius 3 is 2.78 bits per heavy atom. The number of rotatable bonds is 4. The van der Waals surface area contributed by atoms with Crippen LogP contribution in [-0.4, -0.2) is 47.6 Å². The number of hydrogen-bond acceptors (Lipinski definition) is 5. The molecule has 1 aromatic carbocycles. The van der Waals surface area contributed by atoms with Gasteiger partial charge in [-0.05, 0) is 44.0 Å². The molecule has 1 fully saturated rings. The molecule has 2 aromatic heterocycles. The van der Waals surface area contributed by atoms with Crippen molar-refractivity contribution in [2.75, 3.05) is 12.8 Å². The molecule has 1 saturated heterocycles. The Hall–Kier alpha value is -2.61. The van der Waals surface area contributed by atoms with Gasteiger partial charge in [-0.3, -0.25) is 4.79 Å². The highest BCUT2D eigenvalue weighted by Crippen LogP contribution is 2.25. The number of aryl methyl sites for hydroxylation is 1. The van der Waals surface area contributed by atoms with Gasteiger partial charge < -0.3 is 13.9 Å². The highest BCUT2D eigenvalue weighted by molar-refractivity contribution is 7.90. The van der Waals surface area contributed by atoms with Gasteiger partial charge in [0.2, 0.25) is 14.9 Å². The van der Waals surface area contributed by atoms with E-state index in [0.29, 0.717) is 13.1 Å². The van der Waals surface area contributed by atoms with Gasteiger partial charge in [0.25, 0.3) is 5.91 Å². The number of para-hydroxylation sites is 2. The van der Waals surface area contributed by atoms with Crippen molar-refractivity contribution in [3.8, 4) is 0 Å². The van der Waals surface area contributed by atoms with Gasteiger partial charge in [-0.25, -0.2) is 13.4 Å². The number of carbonyl (C=O) groups excluding carboxylic acids is 1. The molecule has 1 atom stereocenters. The number of hydrogen-bond donors (Lipinski definition) is 0. The van der Waals surface area contributed by atoms with Crippen LogP contribution in [0.25, 0.3) is 11.0 Å². The van der Waals surface area contributed by atoms with Crippen molar-refractivity contribution >= 4 is 26.8 Å². The van der Waals surface area contributed by atoms with Crippen molar-refractivity contribution in [1.82, 2.24) is 14.5 Å². The van der Waals surface area contributed by atoms with Crippen LogP contribution in [-0.2, 0) is 16.4 Å². The summed E-state index contributed by atoms with van der Waals surface area (Å²) in [6, 6.07) is 10.7. The molecular formula is C19H21N3O4S. The molecule has 8 heteroatoms. The summed E-state index contributed by atoms with van der Waals surface area (Å²) in [6.07, 6.45) is 2.85. The van der Waals surface area contributed by atoms with Gasteiger partial charge in [0.05, 0.1) is 17.1 Å².